The summed E-state index contributed by atoms with van der Waals surface area (Å²) >= 11 is 0. The maximum absolute atomic E-state index is 12.1. The molecule has 10 heteroatoms. The fourth-order valence-corrected chi connectivity index (χ4v) is 4.05. The second-order valence-electron chi connectivity index (χ2n) is 6.83. The number of hydrogen-bond donors (Lipinski definition) is 2. The molecular formula is C13H14F3N3O4. The molecule has 4 aliphatic carbocycles. The zero-order valence-corrected chi connectivity index (χ0v) is 11.9. The Morgan fingerprint density at radius 2 is 2.00 bits per heavy atom. The summed E-state index contributed by atoms with van der Waals surface area (Å²) in [5.74, 6) is 0.687. The molecule has 0 radical (unpaired) electrons. The smallest absolute Gasteiger partial charge is 0.465 e. The van der Waals surface area contributed by atoms with Crippen molar-refractivity contribution in [3.05, 3.63) is 11.7 Å². The number of rotatable bonds is 4. The normalized spacial score (nSPS) is 38.2. The Bertz CT molecular complexity index is 633. The zero-order chi connectivity index (χ0) is 16.5. The molecule has 5 rings (SSSR count). The van der Waals surface area contributed by atoms with Gasteiger partial charge in [-0.05, 0) is 32.1 Å². The van der Waals surface area contributed by atoms with E-state index < -0.39 is 18.6 Å². The lowest BCUT2D eigenvalue weighted by molar-refractivity contribution is -0.352. The molecule has 23 heavy (non-hydrogen) atoms. The molecule has 1 amide bonds. The van der Waals surface area contributed by atoms with Gasteiger partial charge in [-0.3, -0.25) is 4.74 Å². The van der Waals surface area contributed by atoms with Gasteiger partial charge in [0.1, 0.15) is 0 Å². The van der Waals surface area contributed by atoms with Crippen LogP contribution in [-0.2, 0) is 10.2 Å². The van der Waals surface area contributed by atoms with Gasteiger partial charge in [0.25, 0.3) is 0 Å². The van der Waals surface area contributed by atoms with Gasteiger partial charge < -0.3 is 14.9 Å². The third-order valence-corrected chi connectivity index (χ3v) is 5.06. The van der Waals surface area contributed by atoms with Crippen LogP contribution in [0.2, 0.25) is 0 Å². The molecular weight excluding hydrogens is 319 g/mol. The van der Waals surface area contributed by atoms with E-state index >= 15 is 0 Å². The summed E-state index contributed by atoms with van der Waals surface area (Å²) in [4.78, 5) is 15.0. The van der Waals surface area contributed by atoms with Gasteiger partial charge in [-0.1, -0.05) is 5.16 Å². The number of amides is 1. The maximum Gasteiger partial charge on any atom is 0.522 e. The fraction of sp³-hybridized carbons (Fsp3) is 0.769. The van der Waals surface area contributed by atoms with Crippen molar-refractivity contribution in [1.29, 1.82) is 0 Å². The molecule has 0 spiro atoms. The Morgan fingerprint density at radius 3 is 2.57 bits per heavy atom. The number of aromatic nitrogens is 2. The first-order chi connectivity index (χ1) is 10.7. The van der Waals surface area contributed by atoms with Crippen LogP contribution in [-0.4, -0.2) is 39.3 Å². The molecule has 0 aromatic carbocycles. The molecule has 4 aliphatic rings. The number of nitrogens with one attached hydrogen (secondary N) is 1. The quantitative estimate of drug-likeness (QED) is 0.877. The van der Waals surface area contributed by atoms with Crippen LogP contribution >= 0.6 is 0 Å². The van der Waals surface area contributed by atoms with E-state index in [4.69, 9.17) is 9.63 Å². The average molecular weight is 333 g/mol. The second kappa shape index (κ2) is 4.37. The molecule has 4 fully saturated rings. The first kappa shape index (κ1) is 14.7. The van der Waals surface area contributed by atoms with Crippen molar-refractivity contribution >= 4 is 6.09 Å². The summed E-state index contributed by atoms with van der Waals surface area (Å²) in [5.41, 5.74) is -0.637. The van der Waals surface area contributed by atoms with E-state index in [1.807, 2.05) is 0 Å². The summed E-state index contributed by atoms with van der Waals surface area (Å²) < 4.78 is 45.4. The van der Waals surface area contributed by atoms with Gasteiger partial charge in [0.2, 0.25) is 5.89 Å². The van der Waals surface area contributed by atoms with Gasteiger partial charge in [-0.15, -0.1) is 13.2 Å². The van der Waals surface area contributed by atoms with Crippen molar-refractivity contribution in [2.45, 2.75) is 61.4 Å². The minimum atomic E-state index is -4.62. The first-order valence-electron chi connectivity index (χ1n) is 7.29. The number of hydrogen-bond acceptors (Lipinski definition) is 5. The van der Waals surface area contributed by atoms with Crippen molar-refractivity contribution in [2.24, 2.45) is 0 Å². The Morgan fingerprint density at radius 1 is 1.35 bits per heavy atom. The Hall–Kier alpha value is -1.84. The van der Waals surface area contributed by atoms with Crippen molar-refractivity contribution in [2.75, 3.05) is 0 Å². The highest BCUT2D eigenvalue weighted by Gasteiger charge is 2.72. The molecule has 7 nitrogen and oxygen atoms in total. The lowest BCUT2D eigenvalue weighted by atomic mass is 9.39. The van der Waals surface area contributed by atoms with E-state index in [0.29, 0.717) is 31.0 Å². The molecule has 2 N–H and O–H groups in total. The van der Waals surface area contributed by atoms with Gasteiger partial charge in [-0.25, -0.2) is 4.79 Å². The summed E-state index contributed by atoms with van der Waals surface area (Å²) in [7, 11) is 0. The van der Waals surface area contributed by atoms with Crippen LogP contribution < -0.4 is 5.32 Å². The monoisotopic (exact) mass is 333 g/mol. The number of halogens is 3. The maximum atomic E-state index is 12.1. The zero-order valence-electron chi connectivity index (χ0n) is 11.9. The highest BCUT2D eigenvalue weighted by atomic mass is 19.4. The van der Waals surface area contributed by atoms with Gasteiger partial charge in [0.05, 0.1) is 11.5 Å². The number of alkyl halides is 3. The SMILES string of the molecule is O=C(O)NC12CC(c3nc([C@H]4C[C@@H](OC(F)(F)F)C4)no3)(C1)C2. The van der Waals surface area contributed by atoms with Crippen LogP contribution in [0.15, 0.2) is 4.52 Å². The van der Waals surface area contributed by atoms with Crippen LogP contribution in [0, 0.1) is 0 Å². The van der Waals surface area contributed by atoms with E-state index in [0.717, 1.165) is 0 Å². The summed E-state index contributed by atoms with van der Waals surface area (Å²) in [6.07, 6.45) is -4.20. The topological polar surface area (TPSA) is 97.5 Å². The third kappa shape index (κ3) is 2.35. The van der Waals surface area contributed by atoms with Gasteiger partial charge in [-0.2, -0.15) is 4.98 Å². The third-order valence-electron chi connectivity index (χ3n) is 5.06. The van der Waals surface area contributed by atoms with E-state index in [-0.39, 0.29) is 29.7 Å². The van der Waals surface area contributed by atoms with E-state index in [2.05, 4.69) is 20.2 Å². The Labute approximate surface area is 128 Å². The molecule has 126 valence electrons. The minimum absolute atomic E-state index is 0.182. The standard InChI is InChI=1S/C13H14F3N3O4/c14-13(15,16)22-7-1-6(2-7)8-17-9(23-19-8)11-3-12(4-11,5-11)18-10(20)21/h6-7,18H,1-5H2,(H,20,21)/t6-,7+,11?,12?. The minimum Gasteiger partial charge on any atom is -0.465 e. The number of carbonyl (C=O) groups is 1. The van der Waals surface area contributed by atoms with Crippen LogP contribution in [0.25, 0.3) is 0 Å². The van der Waals surface area contributed by atoms with Crippen LogP contribution in [0.1, 0.15) is 49.7 Å². The molecule has 0 unspecified atom stereocenters. The molecule has 0 saturated heterocycles. The van der Waals surface area contributed by atoms with Gasteiger partial charge >= 0.3 is 12.5 Å². The molecule has 2 bridgehead atoms. The summed E-state index contributed by atoms with van der Waals surface area (Å²) in [6, 6.07) is 0. The lowest BCUT2D eigenvalue weighted by Crippen LogP contribution is -2.76. The molecule has 0 aliphatic heterocycles. The molecule has 1 aromatic heterocycles. The number of nitrogens with zero attached hydrogens (tertiary/aromatic N) is 2. The molecule has 0 atom stereocenters. The van der Waals surface area contributed by atoms with Crippen LogP contribution in [0.4, 0.5) is 18.0 Å². The van der Waals surface area contributed by atoms with E-state index in [9.17, 15) is 18.0 Å². The fourth-order valence-electron chi connectivity index (χ4n) is 4.05. The second-order valence-corrected chi connectivity index (χ2v) is 6.83. The van der Waals surface area contributed by atoms with Crippen molar-refractivity contribution in [3.63, 3.8) is 0 Å². The van der Waals surface area contributed by atoms with E-state index in [1.54, 1.807) is 0 Å². The van der Waals surface area contributed by atoms with Crippen LogP contribution in [0.3, 0.4) is 0 Å². The van der Waals surface area contributed by atoms with Crippen molar-refractivity contribution < 1.29 is 32.3 Å². The summed E-state index contributed by atoms with van der Waals surface area (Å²) in [6.45, 7) is 0. The Kier molecular flexibility index (Phi) is 2.80. The Balaban J connectivity index is 1.33. The van der Waals surface area contributed by atoms with Crippen molar-refractivity contribution in [3.8, 4) is 0 Å². The van der Waals surface area contributed by atoms with Crippen LogP contribution in [0.5, 0.6) is 0 Å². The highest BCUT2D eigenvalue weighted by Crippen LogP contribution is 2.67. The number of carboxylic acid groups (broad SMARTS) is 1. The molecule has 1 heterocycles. The lowest BCUT2D eigenvalue weighted by Gasteiger charge is -2.68. The van der Waals surface area contributed by atoms with Crippen molar-refractivity contribution in [1.82, 2.24) is 15.5 Å². The first-order valence-corrected chi connectivity index (χ1v) is 7.29. The molecule has 1 aromatic rings. The van der Waals surface area contributed by atoms with Gasteiger partial charge in [0.15, 0.2) is 5.82 Å². The predicted molar refractivity (Wildman–Crippen MR) is 66.6 cm³/mol. The average Bonchev–Trinajstić information content (AvgIpc) is 2.73. The predicted octanol–water partition coefficient (Wildman–Crippen LogP) is 2.29. The highest BCUT2D eigenvalue weighted by molar-refractivity contribution is 5.67. The summed E-state index contributed by atoms with van der Waals surface area (Å²) in [5, 5.41) is 15.1. The molecule has 4 saturated carbocycles. The van der Waals surface area contributed by atoms with Gasteiger partial charge in [0, 0.05) is 11.5 Å². The van der Waals surface area contributed by atoms with E-state index in [1.165, 1.54) is 0 Å². The largest absolute Gasteiger partial charge is 0.522 e. The number of ether oxygens (including phenoxy) is 1.